The van der Waals surface area contributed by atoms with Gasteiger partial charge in [-0.2, -0.15) is 0 Å². The number of carbonyl (C=O) groups excluding carboxylic acids is 2. The molecule has 3 aliphatic heterocycles. The number of fused-ring (bicyclic) bond motifs is 3. The van der Waals surface area contributed by atoms with Crippen LogP contribution in [0.2, 0.25) is 0 Å². The lowest BCUT2D eigenvalue weighted by Gasteiger charge is -2.41. The molecule has 0 unspecified atom stereocenters. The first kappa shape index (κ1) is 28.7. The van der Waals surface area contributed by atoms with Crippen LogP contribution in [-0.2, 0) is 27.1 Å². The topological polar surface area (TPSA) is 111 Å². The van der Waals surface area contributed by atoms with E-state index in [2.05, 4.69) is 0 Å². The van der Waals surface area contributed by atoms with E-state index in [4.69, 9.17) is 37.9 Å². The third kappa shape index (κ3) is 4.96. The number of rotatable bonds is 8. The van der Waals surface area contributed by atoms with Crippen molar-refractivity contribution in [3.05, 3.63) is 39.9 Å². The predicted molar refractivity (Wildman–Crippen MR) is 146 cm³/mol. The second kappa shape index (κ2) is 11.2. The van der Waals surface area contributed by atoms with Crippen molar-refractivity contribution >= 4 is 12.1 Å². The number of hydrogen-bond donors (Lipinski definition) is 0. The molecule has 0 aliphatic carbocycles. The number of nitrogens with zero attached hydrogens (tertiary/aromatic N) is 1. The summed E-state index contributed by atoms with van der Waals surface area (Å²) in [5.41, 5.74) is 2.72. The number of carbonyl (C=O) groups is 2. The van der Waals surface area contributed by atoms with Gasteiger partial charge in [0.25, 0.3) is 0 Å². The molecule has 222 valence electrons. The Labute approximate surface area is 239 Å². The minimum absolute atomic E-state index is 0.0462. The molecule has 0 bridgehead atoms. The van der Waals surface area contributed by atoms with E-state index in [1.54, 1.807) is 31.3 Å². The van der Waals surface area contributed by atoms with Gasteiger partial charge in [0.15, 0.2) is 29.1 Å². The van der Waals surface area contributed by atoms with Crippen LogP contribution in [0.5, 0.6) is 28.7 Å². The number of amides is 1. The second-order valence-corrected chi connectivity index (χ2v) is 11.0. The molecule has 11 heteroatoms. The van der Waals surface area contributed by atoms with Gasteiger partial charge in [-0.1, -0.05) is 6.07 Å². The van der Waals surface area contributed by atoms with Crippen LogP contribution in [0.4, 0.5) is 4.79 Å². The van der Waals surface area contributed by atoms with Gasteiger partial charge in [-0.05, 0) is 51.7 Å². The molecule has 11 nitrogen and oxygen atoms in total. The second-order valence-electron chi connectivity index (χ2n) is 11.0. The highest BCUT2D eigenvalue weighted by Crippen LogP contribution is 2.57. The van der Waals surface area contributed by atoms with E-state index < -0.39 is 29.8 Å². The fourth-order valence-electron chi connectivity index (χ4n) is 5.92. The van der Waals surface area contributed by atoms with Crippen LogP contribution in [0, 0.1) is 0 Å². The molecule has 1 amide bonds. The summed E-state index contributed by atoms with van der Waals surface area (Å²) in [4.78, 5) is 28.7. The Morgan fingerprint density at radius 2 is 1.76 bits per heavy atom. The number of ether oxygens (including phenoxy) is 8. The maximum Gasteiger partial charge on any atom is 0.410 e. The van der Waals surface area contributed by atoms with Crippen molar-refractivity contribution in [1.29, 1.82) is 0 Å². The molecule has 0 fully saturated rings. The van der Waals surface area contributed by atoms with Crippen molar-refractivity contribution < 1.29 is 47.5 Å². The number of methoxy groups -OCH3 is 4. The summed E-state index contributed by atoms with van der Waals surface area (Å²) in [5.74, 6) is 1.64. The average Bonchev–Trinajstić information content (AvgIpc) is 3.55. The molecule has 0 N–H and O–H groups in total. The van der Waals surface area contributed by atoms with Gasteiger partial charge in [0.1, 0.15) is 17.2 Å². The maximum atomic E-state index is 13.7. The molecule has 0 aromatic heterocycles. The summed E-state index contributed by atoms with van der Waals surface area (Å²) < 4.78 is 46.0. The van der Waals surface area contributed by atoms with Gasteiger partial charge >= 0.3 is 12.1 Å². The summed E-state index contributed by atoms with van der Waals surface area (Å²) in [6, 6.07) is 2.70. The molecule has 0 radical (unpaired) electrons. The standard InChI is InChI=1S/C30H37NO10/c1-30(2,3)41-29(33)31-13-12-16-17(9-8-14-34-4)24-27(39-15-38-24)26(37-7)20(16)22(31)23-18-10-11-19(35-5)25(36-6)21(18)28(32)40-23/h10-11,22-23H,8-9,12-15H2,1-7H3/t22-,23+/m1/s1. The Hall–Kier alpha value is -3.86. The maximum absolute atomic E-state index is 13.7. The summed E-state index contributed by atoms with van der Waals surface area (Å²) >= 11 is 0. The third-order valence-electron chi connectivity index (χ3n) is 7.48. The lowest BCUT2D eigenvalue weighted by atomic mass is 9.82. The van der Waals surface area contributed by atoms with Gasteiger partial charge in [0.05, 0.1) is 21.3 Å². The molecule has 2 aromatic carbocycles. The zero-order valence-electron chi connectivity index (χ0n) is 24.6. The van der Waals surface area contributed by atoms with Crippen LogP contribution in [0.15, 0.2) is 12.1 Å². The molecule has 41 heavy (non-hydrogen) atoms. The van der Waals surface area contributed by atoms with E-state index in [-0.39, 0.29) is 18.1 Å². The normalized spacial score (nSPS) is 18.9. The molecule has 3 aliphatic rings. The highest BCUT2D eigenvalue weighted by Gasteiger charge is 2.50. The zero-order chi connectivity index (χ0) is 29.5. The first-order chi connectivity index (χ1) is 19.6. The first-order valence-electron chi connectivity index (χ1n) is 13.6. The summed E-state index contributed by atoms with van der Waals surface area (Å²) in [7, 11) is 6.19. The Morgan fingerprint density at radius 3 is 2.41 bits per heavy atom. The van der Waals surface area contributed by atoms with Crippen LogP contribution in [0.3, 0.4) is 0 Å². The van der Waals surface area contributed by atoms with Crippen LogP contribution in [0.25, 0.3) is 0 Å². The third-order valence-corrected chi connectivity index (χ3v) is 7.48. The van der Waals surface area contributed by atoms with Crippen molar-refractivity contribution in [2.24, 2.45) is 0 Å². The van der Waals surface area contributed by atoms with Crippen LogP contribution in [-0.4, -0.2) is 70.9 Å². The van der Waals surface area contributed by atoms with Crippen molar-refractivity contribution in [1.82, 2.24) is 4.90 Å². The van der Waals surface area contributed by atoms with Crippen molar-refractivity contribution in [2.45, 2.75) is 57.8 Å². The Kier molecular flexibility index (Phi) is 7.83. The highest BCUT2D eigenvalue weighted by molar-refractivity contribution is 5.98. The molecular weight excluding hydrogens is 534 g/mol. The van der Waals surface area contributed by atoms with Gasteiger partial charge < -0.3 is 37.9 Å². The van der Waals surface area contributed by atoms with E-state index in [1.807, 2.05) is 20.8 Å². The van der Waals surface area contributed by atoms with Gasteiger partial charge in [-0.15, -0.1) is 0 Å². The van der Waals surface area contributed by atoms with Crippen LogP contribution >= 0.6 is 0 Å². The SMILES string of the molecule is COCCCc1c2c(c(OC)c3c1OCO3)[C@H]([C@H]1OC(=O)c3c1ccc(OC)c3OC)N(C(=O)OC(C)(C)C)CC2. The Bertz CT molecular complexity index is 1350. The summed E-state index contributed by atoms with van der Waals surface area (Å²) in [5, 5.41) is 0. The fraction of sp³-hybridized carbons (Fsp3) is 0.533. The minimum atomic E-state index is -0.884. The quantitative estimate of drug-likeness (QED) is 0.325. The average molecular weight is 572 g/mol. The molecule has 3 heterocycles. The zero-order valence-corrected chi connectivity index (χ0v) is 24.6. The molecule has 5 rings (SSSR count). The first-order valence-corrected chi connectivity index (χ1v) is 13.6. The summed E-state index contributed by atoms with van der Waals surface area (Å²) in [6.07, 6.45) is 0.518. The van der Waals surface area contributed by atoms with Gasteiger partial charge in [0, 0.05) is 37.0 Å². The van der Waals surface area contributed by atoms with E-state index in [0.717, 1.165) is 17.5 Å². The van der Waals surface area contributed by atoms with E-state index in [0.29, 0.717) is 60.1 Å². The van der Waals surface area contributed by atoms with Crippen molar-refractivity contribution in [2.75, 3.05) is 48.4 Å². The molecule has 2 atom stereocenters. The molecule has 2 aromatic rings. The minimum Gasteiger partial charge on any atom is -0.493 e. The fourth-order valence-corrected chi connectivity index (χ4v) is 5.92. The molecule has 0 saturated heterocycles. The van der Waals surface area contributed by atoms with Gasteiger partial charge in [0.2, 0.25) is 12.5 Å². The predicted octanol–water partition coefficient (Wildman–Crippen LogP) is 4.77. The van der Waals surface area contributed by atoms with Crippen LogP contribution < -0.4 is 23.7 Å². The molecule has 0 spiro atoms. The monoisotopic (exact) mass is 571 g/mol. The lowest BCUT2D eigenvalue weighted by Crippen LogP contribution is -2.45. The number of benzene rings is 2. The Morgan fingerprint density at radius 1 is 1.02 bits per heavy atom. The molecule has 0 saturated carbocycles. The summed E-state index contributed by atoms with van der Waals surface area (Å²) in [6.45, 7) is 6.37. The number of cyclic esters (lactones) is 1. The van der Waals surface area contributed by atoms with Crippen molar-refractivity contribution in [3.63, 3.8) is 0 Å². The smallest absolute Gasteiger partial charge is 0.410 e. The number of esters is 1. The van der Waals surface area contributed by atoms with Crippen molar-refractivity contribution in [3.8, 4) is 28.7 Å². The van der Waals surface area contributed by atoms with Gasteiger partial charge in [-0.25, -0.2) is 9.59 Å². The Balaban J connectivity index is 1.74. The van der Waals surface area contributed by atoms with Crippen LogP contribution in [0.1, 0.15) is 71.9 Å². The van der Waals surface area contributed by atoms with E-state index in [1.165, 1.54) is 14.2 Å². The van der Waals surface area contributed by atoms with E-state index in [9.17, 15) is 9.59 Å². The number of hydrogen-bond acceptors (Lipinski definition) is 10. The van der Waals surface area contributed by atoms with E-state index >= 15 is 0 Å². The van der Waals surface area contributed by atoms with Gasteiger partial charge in [-0.3, -0.25) is 4.90 Å². The lowest BCUT2D eigenvalue weighted by molar-refractivity contribution is -0.0195. The largest absolute Gasteiger partial charge is 0.493 e. The highest BCUT2D eigenvalue weighted by atomic mass is 16.7. The molecular formula is C30H37NO10.